The van der Waals surface area contributed by atoms with Gasteiger partial charge >= 0.3 is 0 Å². The molecule has 0 spiro atoms. The summed E-state index contributed by atoms with van der Waals surface area (Å²) in [5, 5.41) is 2.96. The summed E-state index contributed by atoms with van der Waals surface area (Å²) in [6.07, 6.45) is 2.65. The third kappa shape index (κ3) is 5.00. The lowest BCUT2D eigenvalue weighted by Gasteiger charge is -2.32. The molecule has 0 saturated carbocycles. The van der Waals surface area contributed by atoms with Gasteiger partial charge in [-0.1, -0.05) is 18.6 Å². The number of piperidine rings is 1. The molecule has 0 unspecified atom stereocenters. The highest BCUT2D eigenvalue weighted by molar-refractivity contribution is 7.89. The van der Waals surface area contributed by atoms with Crippen LogP contribution in [0, 0.1) is 0 Å². The van der Waals surface area contributed by atoms with Crippen molar-refractivity contribution < 1.29 is 22.7 Å². The van der Waals surface area contributed by atoms with Gasteiger partial charge in [-0.05, 0) is 50.1 Å². The molecule has 2 aliphatic heterocycles. The second-order valence-corrected chi connectivity index (χ2v) is 10.3. The van der Waals surface area contributed by atoms with Crippen molar-refractivity contribution in [2.45, 2.75) is 37.1 Å². The molecule has 2 fully saturated rings. The normalized spacial score (nSPS) is 19.8. The lowest BCUT2D eigenvalue weighted by Crippen LogP contribution is -2.42. The van der Waals surface area contributed by atoms with Crippen LogP contribution < -0.4 is 15.0 Å². The van der Waals surface area contributed by atoms with Crippen LogP contribution in [0.4, 0.5) is 11.4 Å². The van der Waals surface area contributed by atoms with E-state index in [0.717, 1.165) is 38.0 Å². The molecule has 4 rings (SSSR count). The molecule has 0 radical (unpaired) electrons. The Hall–Kier alpha value is -2.62. The Morgan fingerprint density at radius 3 is 2.58 bits per heavy atom. The van der Waals surface area contributed by atoms with Crippen LogP contribution in [0.5, 0.6) is 5.75 Å². The number of amides is 1. The zero-order chi connectivity index (χ0) is 23.4. The number of nitrogens with one attached hydrogen (secondary N) is 1. The van der Waals surface area contributed by atoms with Gasteiger partial charge in [0.05, 0.1) is 31.7 Å². The first-order valence-corrected chi connectivity index (χ1v) is 12.8. The summed E-state index contributed by atoms with van der Waals surface area (Å²) in [5.41, 5.74) is 1.85. The zero-order valence-electron chi connectivity index (χ0n) is 19.1. The number of nitrogens with zero attached hydrogens (tertiary/aromatic N) is 2. The van der Waals surface area contributed by atoms with E-state index in [1.807, 2.05) is 31.2 Å². The van der Waals surface area contributed by atoms with Gasteiger partial charge in [0.1, 0.15) is 10.6 Å². The number of morpholine rings is 1. The molecule has 8 nitrogen and oxygen atoms in total. The van der Waals surface area contributed by atoms with Crippen LogP contribution in [0.2, 0.25) is 0 Å². The van der Waals surface area contributed by atoms with Crippen LogP contribution in [0.15, 0.2) is 47.4 Å². The molecule has 1 N–H and O–H groups in total. The molecular weight excluding hydrogens is 442 g/mol. The van der Waals surface area contributed by atoms with Gasteiger partial charge in [-0.25, -0.2) is 8.42 Å². The van der Waals surface area contributed by atoms with Gasteiger partial charge in [0.2, 0.25) is 10.0 Å². The third-order valence-electron chi connectivity index (χ3n) is 6.26. The van der Waals surface area contributed by atoms with Crippen molar-refractivity contribution in [1.29, 1.82) is 0 Å². The van der Waals surface area contributed by atoms with Gasteiger partial charge < -0.3 is 19.7 Å². The van der Waals surface area contributed by atoms with Crippen LogP contribution >= 0.6 is 0 Å². The minimum Gasteiger partial charge on any atom is -0.495 e. The highest BCUT2D eigenvalue weighted by atomic mass is 32.2. The Balaban J connectivity index is 1.62. The van der Waals surface area contributed by atoms with Crippen molar-refractivity contribution >= 4 is 27.3 Å². The molecule has 0 aromatic heterocycles. The Bertz CT molecular complexity index is 1100. The van der Waals surface area contributed by atoms with E-state index in [0.29, 0.717) is 25.4 Å². The van der Waals surface area contributed by atoms with Gasteiger partial charge in [-0.3, -0.25) is 4.79 Å². The minimum absolute atomic E-state index is 0.0212. The summed E-state index contributed by atoms with van der Waals surface area (Å²) in [7, 11) is -2.37. The average molecular weight is 474 g/mol. The standard InChI is InChI=1S/C24H31N3O5S/c1-18-7-5-6-12-27(18)33(29,30)23-17-19(10-11-22(23)31-2)24(28)25-20-8-3-4-9-21(20)26-13-15-32-16-14-26/h3-4,8-11,17-18H,5-7,12-16H2,1-2H3,(H,25,28)/t18-/m1/s1. The van der Waals surface area contributed by atoms with Crippen molar-refractivity contribution in [2.75, 3.05) is 50.2 Å². The molecule has 2 heterocycles. The van der Waals surface area contributed by atoms with Gasteiger partial charge in [0.25, 0.3) is 5.91 Å². The van der Waals surface area contributed by atoms with Gasteiger partial charge in [0.15, 0.2) is 0 Å². The second-order valence-electron chi connectivity index (χ2n) is 8.40. The maximum atomic E-state index is 13.5. The first-order chi connectivity index (χ1) is 15.9. The maximum absolute atomic E-state index is 13.5. The molecule has 2 aliphatic rings. The van der Waals surface area contributed by atoms with E-state index in [1.54, 1.807) is 12.1 Å². The smallest absolute Gasteiger partial charge is 0.255 e. The molecule has 0 aliphatic carbocycles. The van der Waals surface area contributed by atoms with Gasteiger partial charge in [-0.15, -0.1) is 0 Å². The molecular formula is C24H31N3O5S. The number of rotatable bonds is 6. The van der Waals surface area contributed by atoms with Crippen LogP contribution in [-0.2, 0) is 14.8 Å². The molecule has 178 valence electrons. The highest BCUT2D eigenvalue weighted by Crippen LogP contribution is 2.32. The molecule has 9 heteroatoms. The number of ether oxygens (including phenoxy) is 2. The summed E-state index contributed by atoms with van der Waals surface area (Å²) in [6, 6.07) is 12.1. The van der Waals surface area contributed by atoms with Crippen LogP contribution in [0.3, 0.4) is 0 Å². The number of hydrogen-bond acceptors (Lipinski definition) is 6. The summed E-state index contributed by atoms with van der Waals surface area (Å²) >= 11 is 0. The number of carbonyl (C=O) groups is 1. The number of sulfonamides is 1. The second kappa shape index (κ2) is 10.1. The molecule has 1 amide bonds. The summed E-state index contributed by atoms with van der Waals surface area (Å²) in [4.78, 5) is 15.4. The Morgan fingerprint density at radius 1 is 1.09 bits per heavy atom. The Kier molecular flexibility index (Phi) is 7.21. The summed E-state index contributed by atoms with van der Waals surface area (Å²) in [6.45, 7) is 5.14. The number of benzene rings is 2. The number of hydrogen-bond donors (Lipinski definition) is 1. The van der Waals surface area contributed by atoms with Crippen LogP contribution in [-0.4, -0.2) is 64.6 Å². The number of anilines is 2. The first kappa shape index (κ1) is 23.5. The fourth-order valence-corrected chi connectivity index (χ4v) is 6.31. The molecule has 1 atom stereocenters. The molecule has 2 aromatic rings. The van der Waals surface area contributed by atoms with E-state index < -0.39 is 10.0 Å². The molecule has 0 bridgehead atoms. The van der Waals surface area contributed by atoms with E-state index in [-0.39, 0.29) is 28.2 Å². The number of carbonyl (C=O) groups excluding carboxylic acids is 1. The van der Waals surface area contributed by atoms with Crippen molar-refractivity contribution in [1.82, 2.24) is 4.31 Å². The third-order valence-corrected chi connectivity index (χ3v) is 8.29. The average Bonchev–Trinajstić information content (AvgIpc) is 2.84. The predicted molar refractivity (Wildman–Crippen MR) is 128 cm³/mol. The number of para-hydroxylation sites is 2. The van der Waals surface area contributed by atoms with Crippen molar-refractivity contribution in [2.24, 2.45) is 0 Å². The van der Waals surface area contributed by atoms with Gasteiger partial charge in [0, 0.05) is 31.2 Å². The fourth-order valence-electron chi connectivity index (χ4n) is 4.43. The fraction of sp³-hybridized carbons (Fsp3) is 0.458. The topological polar surface area (TPSA) is 88.2 Å². The molecule has 2 aromatic carbocycles. The maximum Gasteiger partial charge on any atom is 0.255 e. The summed E-state index contributed by atoms with van der Waals surface area (Å²) < 4.78 is 39.2. The van der Waals surface area contributed by atoms with E-state index in [4.69, 9.17) is 9.47 Å². The lowest BCUT2D eigenvalue weighted by molar-refractivity contribution is 0.102. The highest BCUT2D eigenvalue weighted by Gasteiger charge is 2.33. The molecule has 33 heavy (non-hydrogen) atoms. The zero-order valence-corrected chi connectivity index (χ0v) is 19.9. The minimum atomic E-state index is -3.80. The largest absolute Gasteiger partial charge is 0.495 e. The van der Waals surface area contributed by atoms with Crippen molar-refractivity contribution in [3.05, 3.63) is 48.0 Å². The van der Waals surface area contributed by atoms with E-state index in [1.165, 1.54) is 17.5 Å². The Labute approximate surface area is 195 Å². The van der Waals surface area contributed by atoms with Gasteiger partial charge in [-0.2, -0.15) is 4.31 Å². The quantitative estimate of drug-likeness (QED) is 0.692. The Morgan fingerprint density at radius 2 is 1.85 bits per heavy atom. The summed E-state index contributed by atoms with van der Waals surface area (Å²) in [5.74, 6) is -0.139. The van der Waals surface area contributed by atoms with E-state index in [9.17, 15) is 13.2 Å². The number of methoxy groups -OCH3 is 1. The monoisotopic (exact) mass is 473 g/mol. The van der Waals surface area contributed by atoms with Crippen molar-refractivity contribution in [3.63, 3.8) is 0 Å². The van der Waals surface area contributed by atoms with E-state index in [2.05, 4.69) is 10.2 Å². The molecule has 2 saturated heterocycles. The first-order valence-electron chi connectivity index (χ1n) is 11.3. The van der Waals surface area contributed by atoms with Crippen LogP contribution in [0.1, 0.15) is 36.5 Å². The lowest BCUT2D eigenvalue weighted by atomic mass is 10.1. The SMILES string of the molecule is COc1ccc(C(=O)Nc2ccccc2N2CCOCC2)cc1S(=O)(=O)N1CCCC[C@H]1C. The van der Waals surface area contributed by atoms with Crippen molar-refractivity contribution in [3.8, 4) is 5.75 Å². The van der Waals surface area contributed by atoms with Crippen LogP contribution in [0.25, 0.3) is 0 Å². The van der Waals surface area contributed by atoms with E-state index >= 15 is 0 Å². The predicted octanol–water partition coefficient (Wildman–Crippen LogP) is 3.35.